The van der Waals surface area contributed by atoms with Crippen LogP contribution in [0, 0.1) is 17.8 Å². The monoisotopic (exact) mass is 390 g/mol. The summed E-state index contributed by atoms with van der Waals surface area (Å²) in [5, 5.41) is 2.36. The van der Waals surface area contributed by atoms with Crippen LogP contribution in [0.5, 0.6) is 0 Å². The lowest BCUT2D eigenvalue weighted by Gasteiger charge is -2.33. The first-order chi connectivity index (χ1) is 12.7. The van der Waals surface area contributed by atoms with Crippen LogP contribution < -0.4 is 5.32 Å². The molecular formula is C18H25F3N2O4. The van der Waals surface area contributed by atoms with Crippen molar-refractivity contribution in [2.45, 2.75) is 57.2 Å². The van der Waals surface area contributed by atoms with E-state index in [1.165, 1.54) is 0 Å². The number of hydrogen-bond acceptors (Lipinski definition) is 4. The molecule has 3 fully saturated rings. The van der Waals surface area contributed by atoms with Crippen LogP contribution in [-0.2, 0) is 19.1 Å². The van der Waals surface area contributed by atoms with E-state index in [2.05, 4.69) is 5.32 Å². The van der Waals surface area contributed by atoms with Crippen molar-refractivity contribution in [1.82, 2.24) is 10.2 Å². The van der Waals surface area contributed by atoms with Crippen molar-refractivity contribution in [1.29, 1.82) is 0 Å². The molecular weight excluding hydrogens is 365 g/mol. The number of likely N-dealkylation sites (tertiary alicyclic amines) is 1. The molecule has 3 aliphatic rings. The van der Waals surface area contributed by atoms with Crippen LogP contribution in [0.1, 0.15) is 44.9 Å². The van der Waals surface area contributed by atoms with Gasteiger partial charge in [-0.25, -0.2) is 0 Å². The second-order valence-corrected chi connectivity index (χ2v) is 7.86. The van der Waals surface area contributed by atoms with Crippen LogP contribution in [0.4, 0.5) is 13.2 Å². The normalized spacial score (nSPS) is 28.9. The van der Waals surface area contributed by atoms with Gasteiger partial charge in [0.1, 0.15) is 0 Å². The number of rotatable bonds is 6. The van der Waals surface area contributed by atoms with Gasteiger partial charge in [-0.15, -0.1) is 0 Å². The quantitative estimate of drug-likeness (QED) is 0.704. The van der Waals surface area contributed by atoms with Crippen molar-refractivity contribution >= 4 is 17.8 Å². The number of carbonyl (C=O) groups is 3. The van der Waals surface area contributed by atoms with E-state index in [0.29, 0.717) is 25.3 Å². The van der Waals surface area contributed by atoms with Crippen LogP contribution >= 0.6 is 0 Å². The highest BCUT2D eigenvalue weighted by molar-refractivity contribution is 5.88. The number of esters is 1. The molecule has 2 amide bonds. The molecule has 2 saturated carbocycles. The Morgan fingerprint density at radius 1 is 1.15 bits per heavy atom. The Kier molecular flexibility index (Phi) is 5.95. The van der Waals surface area contributed by atoms with Gasteiger partial charge in [0.25, 0.3) is 5.91 Å². The lowest BCUT2D eigenvalue weighted by molar-refractivity contribution is -0.189. The summed E-state index contributed by atoms with van der Waals surface area (Å²) in [5.74, 6) is -3.12. The van der Waals surface area contributed by atoms with Crippen molar-refractivity contribution in [3.63, 3.8) is 0 Å². The highest BCUT2D eigenvalue weighted by atomic mass is 19.4. The van der Waals surface area contributed by atoms with Crippen LogP contribution in [0.3, 0.4) is 0 Å². The second kappa shape index (κ2) is 8.06. The minimum atomic E-state index is -4.36. The zero-order valence-electron chi connectivity index (χ0n) is 15.1. The highest BCUT2D eigenvalue weighted by Crippen LogP contribution is 2.37. The third-order valence-electron chi connectivity index (χ3n) is 5.60. The number of nitrogens with zero attached hydrogens (tertiary/aromatic N) is 1. The van der Waals surface area contributed by atoms with E-state index in [4.69, 9.17) is 4.74 Å². The largest absolute Gasteiger partial charge is 0.455 e. The lowest BCUT2D eigenvalue weighted by atomic mass is 9.84. The van der Waals surface area contributed by atoms with Crippen molar-refractivity contribution in [3.05, 3.63) is 0 Å². The Labute approximate surface area is 155 Å². The molecule has 9 heteroatoms. The fourth-order valence-corrected chi connectivity index (χ4v) is 3.92. The molecule has 0 bridgehead atoms. The molecule has 1 aliphatic heterocycles. The Balaban J connectivity index is 1.43. The predicted octanol–water partition coefficient (Wildman–Crippen LogP) is 2.03. The van der Waals surface area contributed by atoms with E-state index in [1.54, 1.807) is 4.90 Å². The molecule has 3 atom stereocenters. The standard InChI is InChI=1S/C18H25F3N2O4/c19-18(20,21)13-3-1-2-4-14(13)22-15(24)10-27-17(26)12-7-16(25)23(9-12)8-11-5-6-11/h11-14H,1-10H2,(H,22,24)/t12-,13+,14-/m1/s1. The number of carbonyl (C=O) groups excluding carboxylic acids is 3. The number of hydrogen-bond donors (Lipinski definition) is 1. The van der Waals surface area contributed by atoms with Crippen molar-refractivity contribution in [2.75, 3.05) is 19.7 Å². The van der Waals surface area contributed by atoms with Crippen molar-refractivity contribution in [3.8, 4) is 0 Å². The number of amides is 2. The van der Waals surface area contributed by atoms with Gasteiger partial charge >= 0.3 is 12.1 Å². The van der Waals surface area contributed by atoms with E-state index < -0.39 is 42.5 Å². The molecule has 3 rings (SSSR count). The Morgan fingerprint density at radius 3 is 2.52 bits per heavy atom. The molecule has 0 aromatic heterocycles. The summed E-state index contributed by atoms with van der Waals surface area (Å²) in [6, 6.07) is -0.980. The number of ether oxygens (including phenoxy) is 1. The van der Waals surface area contributed by atoms with Crippen LogP contribution in [0.2, 0.25) is 0 Å². The van der Waals surface area contributed by atoms with Gasteiger partial charge in [0.2, 0.25) is 5.91 Å². The topological polar surface area (TPSA) is 75.7 Å². The summed E-state index contributed by atoms with van der Waals surface area (Å²) in [7, 11) is 0. The third-order valence-corrected chi connectivity index (χ3v) is 5.60. The van der Waals surface area contributed by atoms with Gasteiger partial charge in [-0.3, -0.25) is 14.4 Å². The third kappa shape index (κ3) is 5.35. The summed E-state index contributed by atoms with van der Waals surface area (Å²) < 4.78 is 44.1. The molecule has 1 heterocycles. The molecule has 2 aliphatic carbocycles. The molecule has 152 valence electrons. The molecule has 27 heavy (non-hydrogen) atoms. The molecule has 1 saturated heterocycles. The van der Waals surface area contributed by atoms with Crippen LogP contribution in [-0.4, -0.2) is 54.6 Å². The molecule has 0 spiro atoms. The fourth-order valence-electron chi connectivity index (χ4n) is 3.92. The van der Waals surface area contributed by atoms with E-state index in [9.17, 15) is 27.6 Å². The molecule has 6 nitrogen and oxygen atoms in total. The van der Waals surface area contributed by atoms with Gasteiger partial charge in [-0.1, -0.05) is 12.8 Å². The van der Waals surface area contributed by atoms with E-state index in [1.807, 2.05) is 0 Å². The average molecular weight is 390 g/mol. The second-order valence-electron chi connectivity index (χ2n) is 7.86. The molecule has 0 radical (unpaired) electrons. The molecule has 0 unspecified atom stereocenters. The Bertz CT molecular complexity index is 592. The van der Waals surface area contributed by atoms with Gasteiger partial charge in [0.15, 0.2) is 6.61 Å². The maximum atomic E-state index is 13.1. The van der Waals surface area contributed by atoms with Gasteiger partial charge in [-0.2, -0.15) is 13.2 Å². The van der Waals surface area contributed by atoms with Crippen LogP contribution in [0.15, 0.2) is 0 Å². The summed E-state index contributed by atoms with van der Waals surface area (Å²) in [6.45, 7) is 0.325. The number of alkyl halides is 3. The summed E-state index contributed by atoms with van der Waals surface area (Å²) in [4.78, 5) is 37.6. The molecule has 1 N–H and O–H groups in total. The van der Waals surface area contributed by atoms with Gasteiger partial charge < -0.3 is 15.0 Å². The average Bonchev–Trinajstić information content (AvgIpc) is 3.34. The molecule has 0 aromatic carbocycles. The zero-order valence-corrected chi connectivity index (χ0v) is 15.1. The van der Waals surface area contributed by atoms with E-state index in [-0.39, 0.29) is 31.7 Å². The lowest BCUT2D eigenvalue weighted by Crippen LogP contribution is -2.48. The summed E-state index contributed by atoms with van der Waals surface area (Å²) in [5.41, 5.74) is 0. The highest BCUT2D eigenvalue weighted by Gasteiger charge is 2.46. The van der Waals surface area contributed by atoms with Crippen molar-refractivity contribution in [2.24, 2.45) is 17.8 Å². The number of nitrogens with one attached hydrogen (secondary N) is 1. The minimum absolute atomic E-state index is 0.00471. The predicted molar refractivity (Wildman–Crippen MR) is 88.3 cm³/mol. The summed E-state index contributed by atoms with van der Waals surface area (Å²) >= 11 is 0. The Morgan fingerprint density at radius 2 is 1.85 bits per heavy atom. The fraction of sp³-hybridized carbons (Fsp3) is 0.833. The SMILES string of the molecule is O=C(COC(=O)[C@@H]1CC(=O)N(CC2CC2)C1)N[C@@H]1CCCC[C@@H]1C(F)(F)F. The van der Waals surface area contributed by atoms with Gasteiger partial charge in [-0.05, 0) is 31.6 Å². The van der Waals surface area contributed by atoms with Crippen molar-refractivity contribution < 1.29 is 32.3 Å². The first-order valence-electron chi connectivity index (χ1n) is 9.54. The van der Waals surface area contributed by atoms with E-state index in [0.717, 1.165) is 12.8 Å². The first kappa shape index (κ1) is 19.9. The maximum Gasteiger partial charge on any atom is 0.393 e. The Hall–Kier alpha value is -1.80. The van der Waals surface area contributed by atoms with Crippen LogP contribution in [0.25, 0.3) is 0 Å². The first-order valence-corrected chi connectivity index (χ1v) is 9.54. The smallest absolute Gasteiger partial charge is 0.393 e. The van der Waals surface area contributed by atoms with E-state index >= 15 is 0 Å². The molecule has 0 aromatic rings. The van der Waals surface area contributed by atoms with Gasteiger partial charge in [0, 0.05) is 25.6 Å². The zero-order chi connectivity index (χ0) is 19.6. The van der Waals surface area contributed by atoms with Gasteiger partial charge in [0.05, 0.1) is 11.8 Å². The maximum absolute atomic E-state index is 13.1. The minimum Gasteiger partial charge on any atom is -0.455 e. The number of halogens is 3. The summed E-state index contributed by atoms with van der Waals surface area (Å²) in [6.07, 6.45) is -0.738.